The van der Waals surface area contributed by atoms with Crippen molar-refractivity contribution in [1.29, 1.82) is 0 Å². The molecule has 0 bridgehead atoms. The van der Waals surface area contributed by atoms with E-state index < -0.39 is 16.1 Å². The lowest BCUT2D eigenvalue weighted by molar-refractivity contribution is 0.0921. The number of hydrogen-bond donors (Lipinski definition) is 1. The van der Waals surface area contributed by atoms with Crippen molar-refractivity contribution in [3.63, 3.8) is 0 Å². The fraction of sp³-hybridized carbons (Fsp3) is 0.333. The van der Waals surface area contributed by atoms with Gasteiger partial charge in [0.05, 0.1) is 11.0 Å². The maximum Gasteiger partial charge on any atom is 0.243 e. The van der Waals surface area contributed by atoms with Crippen LogP contribution in [-0.2, 0) is 10.0 Å². The Hall–Kier alpha value is -1.44. The lowest BCUT2D eigenvalue weighted by Gasteiger charge is -2.35. The maximum absolute atomic E-state index is 12.7. The van der Waals surface area contributed by atoms with E-state index in [-0.39, 0.29) is 4.90 Å². The van der Waals surface area contributed by atoms with Gasteiger partial charge < -0.3 is 5.11 Å². The Labute approximate surface area is 153 Å². The molecule has 1 N–H and O–H groups in total. The molecule has 3 rings (SSSR count). The fourth-order valence-electron chi connectivity index (χ4n) is 2.93. The van der Waals surface area contributed by atoms with Gasteiger partial charge in [-0.2, -0.15) is 4.31 Å². The molecule has 2 aromatic rings. The predicted octanol–water partition coefficient (Wildman–Crippen LogP) is 2.38. The third-order valence-corrected chi connectivity index (χ3v) is 6.56. The van der Waals surface area contributed by atoms with E-state index in [9.17, 15) is 13.5 Å². The number of aliphatic hydroxyl groups is 1. The zero-order chi connectivity index (χ0) is 17.9. The van der Waals surface area contributed by atoms with Crippen LogP contribution < -0.4 is 0 Å². The molecule has 0 unspecified atom stereocenters. The number of sulfonamides is 1. The minimum atomic E-state index is -3.50. The molecule has 1 fully saturated rings. The topological polar surface area (TPSA) is 60.9 Å². The summed E-state index contributed by atoms with van der Waals surface area (Å²) in [5.41, 5.74) is 0.874. The molecule has 1 heterocycles. The van der Waals surface area contributed by atoms with Crippen molar-refractivity contribution in [1.82, 2.24) is 9.21 Å². The number of hydrogen-bond acceptors (Lipinski definition) is 4. The third kappa shape index (κ3) is 4.40. The molecule has 0 radical (unpaired) electrons. The largest absolute Gasteiger partial charge is 0.387 e. The molecule has 5 nitrogen and oxygen atoms in total. The van der Waals surface area contributed by atoms with Gasteiger partial charge in [-0.3, -0.25) is 4.90 Å². The molecule has 134 valence electrons. The highest BCUT2D eigenvalue weighted by atomic mass is 35.5. The third-order valence-electron chi connectivity index (χ3n) is 4.40. The van der Waals surface area contributed by atoms with Crippen LogP contribution in [0.2, 0.25) is 5.02 Å². The van der Waals surface area contributed by atoms with Gasteiger partial charge in [-0.25, -0.2) is 8.42 Å². The summed E-state index contributed by atoms with van der Waals surface area (Å²) in [4.78, 5) is 2.35. The fourth-order valence-corrected chi connectivity index (χ4v) is 4.48. The molecule has 0 aliphatic carbocycles. The second kappa shape index (κ2) is 7.85. The van der Waals surface area contributed by atoms with E-state index in [1.807, 2.05) is 30.3 Å². The molecule has 0 saturated carbocycles. The van der Waals surface area contributed by atoms with Gasteiger partial charge in [0, 0.05) is 37.7 Å². The second-order valence-corrected chi connectivity index (χ2v) is 8.46. The molecule has 7 heteroatoms. The monoisotopic (exact) mass is 380 g/mol. The number of aliphatic hydroxyl groups excluding tert-OH is 1. The zero-order valence-electron chi connectivity index (χ0n) is 13.8. The van der Waals surface area contributed by atoms with E-state index in [2.05, 4.69) is 4.90 Å². The number of nitrogens with zero attached hydrogens (tertiary/aromatic N) is 2. The molecule has 25 heavy (non-hydrogen) atoms. The van der Waals surface area contributed by atoms with Gasteiger partial charge in [0.25, 0.3) is 0 Å². The summed E-state index contributed by atoms with van der Waals surface area (Å²) >= 11 is 5.83. The van der Waals surface area contributed by atoms with Crippen LogP contribution in [0.15, 0.2) is 59.5 Å². The van der Waals surface area contributed by atoms with Crippen LogP contribution in [0.3, 0.4) is 0 Å². The minimum Gasteiger partial charge on any atom is -0.387 e. The molecule has 0 amide bonds. The first-order valence-corrected chi connectivity index (χ1v) is 10.00. The predicted molar refractivity (Wildman–Crippen MR) is 98.1 cm³/mol. The Morgan fingerprint density at radius 1 is 0.960 bits per heavy atom. The minimum absolute atomic E-state index is 0.259. The van der Waals surface area contributed by atoms with Crippen LogP contribution in [0.5, 0.6) is 0 Å². The summed E-state index contributed by atoms with van der Waals surface area (Å²) in [5.74, 6) is 0. The zero-order valence-corrected chi connectivity index (χ0v) is 15.3. The molecule has 0 aromatic heterocycles. The van der Waals surface area contributed by atoms with Crippen molar-refractivity contribution in [2.75, 3.05) is 32.7 Å². The molecule has 1 aliphatic heterocycles. The highest BCUT2D eigenvalue weighted by Crippen LogP contribution is 2.21. The average molecular weight is 381 g/mol. The van der Waals surface area contributed by atoms with Gasteiger partial charge in [-0.05, 0) is 29.8 Å². The summed E-state index contributed by atoms with van der Waals surface area (Å²) < 4.78 is 26.8. The van der Waals surface area contributed by atoms with Crippen LogP contribution in [-0.4, -0.2) is 55.5 Å². The first kappa shape index (κ1) is 18.4. The molecular weight excluding hydrogens is 360 g/mol. The van der Waals surface area contributed by atoms with E-state index >= 15 is 0 Å². The number of halogens is 1. The molecular formula is C18H21ClN2O3S. The molecule has 1 saturated heterocycles. The van der Waals surface area contributed by atoms with Gasteiger partial charge in [0.15, 0.2) is 0 Å². The highest BCUT2D eigenvalue weighted by Gasteiger charge is 2.29. The Morgan fingerprint density at radius 2 is 1.56 bits per heavy atom. The van der Waals surface area contributed by atoms with Gasteiger partial charge in [0.1, 0.15) is 0 Å². The van der Waals surface area contributed by atoms with E-state index in [1.165, 1.54) is 16.4 Å². The first-order valence-electron chi connectivity index (χ1n) is 8.18. The van der Waals surface area contributed by atoms with Crippen molar-refractivity contribution in [2.45, 2.75) is 11.0 Å². The molecule has 1 atom stereocenters. The SMILES string of the molecule is O=S(=O)(c1ccc(Cl)cc1)N1CCN(C[C@H](O)c2ccccc2)CC1. The second-order valence-electron chi connectivity index (χ2n) is 6.09. The van der Waals surface area contributed by atoms with E-state index in [1.54, 1.807) is 12.1 Å². The summed E-state index contributed by atoms with van der Waals surface area (Å²) in [6, 6.07) is 15.7. The van der Waals surface area contributed by atoms with Gasteiger partial charge in [-0.15, -0.1) is 0 Å². The summed E-state index contributed by atoms with van der Waals surface area (Å²) in [6.07, 6.45) is -0.569. The van der Waals surface area contributed by atoms with Crippen LogP contribution in [0.4, 0.5) is 0 Å². The van der Waals surface area contributed by atoms with E-state index in [0.717, 1.165) is 5.56 Å². The Balaban J connectivity index is 1.59. The van der Waals surface area contributed by atoms with Gasteiger partial charge in [0.2, 0.25) is 10.0 Å². The molecule has 0 spiro atoms. The first-order chi connectivity index (χ1) is 12.0. The molecule has 1 aliphatic rings. The van der Waals surface area contributed by atoms with Gasteiger partial charge >= 0.3 is 0 Å². The number of rotatable bonds is 5. The van der Waals surface area contributed by atoms with Crippen LogP contribution in [0.25, 0.3) is 0 Å². The lowest BCUT2D eigenvalue weighted by Crippen LogP contribution is -2.49. The van der Waals surface area contributed by atoms with Crippen molar-refractivity contribution >= 4 is 21.6 Å². The summed E-state index contributed by atoms with van der Waals surface area (Å²) in [5, 5.41) is 10.8. The average Bonchev–Trinajstić information content (AvgIpc) is 2.63. The van der Waals surface area contributed by atoms with Crippen molar-refractivity contribution in [3.05, 3.63) is 65.2 Å². The molecule has 2 aromatic carbocycles. The summed E-state index contributed by atoms with van der Waals surface area (Å²) in [6.45, 7) is 2.51. The van der Waals surface area contributed by atoms with Crippen LogP contribution >= 0.6 is 11.6 Å². The van der Waals surface area contributed by atoms with E-state index in [4.69, 9.17) is 11.6 Å². The normalized spacial score (nSPS) is 18.2. The Bertz CT molecular complexity index is 789. The van der Waals surface area contributed by atoms with Crippen molar-refractivity contribution in [2.24, 2.45) is 0 Å². The smallest absolute Gasteiger partial charge is 0.243 e. The Kier molecular flexibility index (Phi) is 5.76. The van der Waals surface area contributed by atoms with Crippen molar-refractivity contribution in [3.8, 4) is 0 Å². The van der Waals surface area contributed by atoms with Gasteiger partial charge in [-0.1, -0.05) is 41.9 Å². The van der Waals surface area contributed by atoms with Crippen molar-refractivity contribution < 1.29 is 13.5 Å². The maximum atomic E-state index is 12.7. The van der Waals surface area contributed by atoms with Crippen LogP contribution in [0, 0.1) is 0 Å². The van der Waals surface area contributed by atoms with E-state index in [0.29, 0.717) is 37.7 Å². The standard InChI is InChI=1S/C18H21ClN2O3S/c19-16-6-8-17(9-7-16)25(23,24)21-12-10-20(11-13-21)14-18(22)15-4-2-1-3-5-15/h1-9,18,22H,10-14H2/t18-/m0/s1. The lowest BCUT2D eigenvalue weighted by atomic mass is 10.1. The number of benzene rings is 2. The number of piperazine rings is 1. The quantitative estimate of drug-likeness (QED) is 0.865. The highest BCUT2D eigenvalue weighted by molar-refractivity contribution is 7.89. The Morgan fingerprint density at radius 3 is 2.16 bits per heavy atom. The summed E-state index contributed by atoms with van der Waals surface area (Å²) in [7, 11) is -3.50. The number of β-amino-alcohol motifs (C(OH)–C–C–N with tert-alkyl or cyclic N) is 1. The van der Waals surface area contributed by atoms with Crippen LogP contribution in [0.1, 0.15) is 11.7 Å².